The van der Waals surface area contributed by atoms with Gasteiger partial charge in [-0.3, -0.25) is 0 Å². The van der Waals surface area contributed by atoms with Gasteiger partial charge in [0.1, 0.15) is 110 Å². The molecule has 0 radical (unpaired) electrons. The molecule has 9 fully saturated rings. The molecule has 0 spiro atoms. The molecule has 27 heteroatoms. The topological polar surface area (TPSA) is 425 Å². The average molecular weight is 1210 g/mol. The number of allylic oxidation sites excluding steroid dienone is 1. The predicted molar refractivity (Wildman–Crippen MR) is 281 cm³/mol. The quantitative estimate of drug-likeness (QED) is 0.0615. The van der Waals surface area contributed by atoms with E-state index in [1.54, 1.807) is 0 Å². The van der Waals surface area contributed by atoms with Gasteiger partial charge in [0.25, 0.3) is 0 Å². The van der Waals surface area contributed by atoms with Crippen molar-refractivity contribution < 1.29 is 134 Å². The van der Waals surface area contributed by atoms with Gasteiger partial charge in [0.05, 0.1) is 44.2 Å². The summed E-state index contributed by atoms with van der Waals surface area (Å²) in [4.78, 5) is 0. The van der Waals surface area contributed by atoms with E-state index in [1.165, 1.54) is 19.4 Å². The van der Waals surface area contributed by atoms with E-state index in [1.807, 2.05) is 6.92 Å². The zero-order valence-corrected chi connectivity index (χ0v) is 48.5. The van der Waals surface area contributed by atoms with Crippen LogP contribution in [-0.4, -0.2) is 280 Å². The summed E-state index contributed by atoms with van der Waals surface area (Å²) in [6.07, 6.45) is -35.9. The molecule has 10 aliphatic rings. The van der Waals surface area contributed by atoms with Crippen LogP contribution in [0.4, 0.5) is 0 Å². The molecule has 0 aromatic rings. The lowest BCUT2D eigenvalue weighted by Crippen LogP contribution is -2.69. The SMILES string of the molecule is CC(CO)CCC1(O)O[C@H]2C[C@H]3[C@@H]4CC=C5C[C@@H](O[C@@H]6O[C@H](CO)[C@@H](O[C@@H]7O[C@H](CO)[C@@H](O)[C@H](O[C@@H]8O[C@H](C)[C@@H](O)[C@H](O)[C@@H]8O)[C@H]7O[C@@H]7O[C@H](CO)[C@@H](O)[C@H](O)[C@H]7O)[C@H](O)[C@H]6O[C@@H]6O[C@H](C)[C@@H](O)[C@H](O)[C@@H]6O)CC[C@]5(C)[C@H]4CC[C@]3(C)[C@H]2[C@@H]1C. The first-order valence-corrected chi connectivity index (χ1v) is 30.3. The van der Waals surface area contributed by atoms with Crippen LogP contribution in [-0.2, 0) is 52.1 Å². The van der Waals surface area contributed by atoms with Crippen molar-refractivity contribution in [2.45, 2.75) is 271 Å². The number of fused-ring (bicyclic) bond motifs is 7. The van der Waals surface area contributed by atoms with Crippen LogP contribution in [0, 0.1) is 46.3 Å². The van der Waals surface area contributed by atoms with Crippen LogP contribution in [0.25, 0.3) is 0 Å². The van der Waals surface area contributed by atoms with E-state index in [4.69, 9.17) is 52.1 Å². The Bertz CT molecular complexity index is 2220. The third kappa shape index (κ3) is 11.8. The molecule has 6 heterocycles. The van der Waals surface area contributed by atoms with Crippen LogP contribution in [0.1, 0.15) is 99.3 Å². The molecule has 0 bridgehead atoms. The van der Waals surface area contributed by atoms with E-state index in [0.717, 1.165) is 32.1 Å². The Hall–Kier alpha value is -1.34. The van der Waals surface area contributed by atoms with E-state index < -0.39 is 185 Å². The second-order valence-corrected chi connectivity index (χ2v) is 26.6. The van der Waals surface area contributed by atoms with Gasteiger partial charge >= 0.3 is 0 Å². The Morgan fingerprint density at radius 2 is 1.07 bits per heavy atom. The average Bonchev–Trinajstić information content (AvgIpc) is 1.81. The molecule has 36 atom stereocenters. The second-order valence-electron chi connectivity index (χ2n) is 26.6. The molecular formula is C57H94O27. The molecule has 2 unspecified atom stereocenters. The summed E-state index contributed by atoms with van der Waals surface area (Å²) in [7, 11) is 0. The van der Waals surface area contributed by atoms with Crippen LogP contribution in [0.15, 0.2) is 11.6 Å². The molecule has 0 amide bonds. The smallest absolute Gasteiger partial charge is 0.187 e. The monoisotopic (exact) mass is 1210 g/mol. The molecule has 6 aliphatic heterocycles. The third-order valence-electron chi connectivity index (χ3n) is 21.6. The van der Waals surface area contributed by atoms with Crippen LogP contribution < -0.4 is 0 Å². The molecule has 0 aromatic heterocycles. The largest absolute Gasteiger partial charge is 0.396 e. The van der Waals surface area contributed by atoms with Crippen molar-refractivity contribution in [2.75, 3.05) is 26.4 Å². The lowest BCUT2D eigenvalue weighted by molar-refractivity contribution is -0.412. The molecule has 0 aromatic carbocycles. The summed E-state index contributed by atoms with van der Waals surface area (Å²) in [6.45, 7) is 8.90. The molecule has 84 heavy (non-hydrogen) atoms. The van der Waals surface area contributed by atoms with Gasteiger partial charge in [0, 0.05) is 18.9 Å². The summed E-state index contributed by atoms with van der Waals surface area (Å²) in [5.74, 6) is 0.0314. The fraction of sp³-hybridized carbons (Fsp3) is 0.965. The fourth-order valence-corrected chi connectivity index (χ4v) is 16.4. The van der Waals surface area contributed by atoms with Crippen molar-refractivity contribution in [3.63, 3.8) is 0 Å². The summed E-state index contributed by atoms with van der Waals surface area (Å²) in [6, 6.07) is 0. The predicted octanol–water partition coefficient (Wildman–Crippen LogP) is -4.16. The van der Waals surface area contributed by atoms with E-state index in [9.17, 15) is 81.7 Å². The lowest BCUT2D eigenvalue weighted by atomic mass is 9.47. The van der Waals surface area contributed by atoms with Crippen LogP contribution in [0.2, 0.25) is 0 Å². The maximum Gasteiger partial charge on any atom is 0.187 e. The maximum absolute atomic E-state index is 12.7. The zero-order valence-electron chi connectivity index (χ0n) is 48.5. The number of ether oxygens (including phenoxy) is 11. The van der Waals surface area contributed by atoms with Gasteiger partial charge in [0.2, 0.25) is 0 Å². The van der Waals surface area contributed by atoms with E-state index in [0.29, 0.717) is 43.4 Å². The van der Waals surface area contributed by atoms with Crippen molar-refractivity contribution >= 4 is 0 Å². The summed E-state index contributed by atoms with van der Waals surface area (Å²) in [5.41, 5.74) is 0.962. The number of aliphatic hydroxyl groups excluding tert-OH is 15. The van der Waals surface area contributed by atoms with Crippen molar-refractivity contribution in [2.24, 2.45) is 46.3 Å². The molecule has 6 saturated heterocycles. The summed E-state index contributed by atoms with van der Waals surface area (Å²) >= 11 is 0. The molecule has 4 aliphatic carbocycles. The van der Waals surface area contributed by atoms with Gasteiger partial charge in [-0.2, -0.15) is 0 Å². The Labute approximate surface area is 487 Å². The van der Waals surface area contributed by atoms with Crippen molar-refractivity contribution in [3.05, 3.63) is 11.6 Å². The highest BCUT2D eigenvalue weighted by Gasteiger charge is 2.68. The van der Waals surface area contributed by atoms with Crippen LogP contribution in [0.3, 0.4) is 0 Å². The van der Waals surface area contributed by atoms with Crippen LogP contribution >= 0.6 is 0 Å². The minimum absolute atomic E-state index is 0.0401. The van der Waals surface area contributed by atoms with Crippen molar-refractivity contribution in [3.8, 4) is 0 Å². The molecular weight excluding hydrogens is 1120 g/mol. The molecule has 27 nitrogen and oxygen atoms in total. The summed E-state index contributed by atoms with van der Waals surface area (Å²) < 4.78 is 68.1. The number of aliphatic hydroxyl groups is 16. The number of hydrogen-bond acceptors (Lipinski definition) is 27. The van der Waals surface area contributed by atoms with E-state index >= 15 is 0 Å². The lowest BCUT2D eigenvalue weighted by Gasteiger charge is -2.58. The van der Waals surface area contributed by atoms with Crippen LogP contribution in [0.5, 0.6) is 0 Å². The zero-order chi connectivity index (χ0) is 60.8. The van der Waals surface area contributed by atoms with Gasteiger partial charge < -0.3 is 134 Å². The van der Waals surface area contributed by atoms with Gasteiger partial charge in [-0.05, 0) is 106 Å². The fourth-order valence-electron chi connectivity index (χ4n) is 16.4. The van der Waals surface area contributed by atoms with Gasteiger partial charge in [-0.25, -0.2) is 0 Å². The number of rotatable bonds is 17. The van der Waals surface area contributed by atoms with Gasteiger partial charge in [-0.15, -0.1) is 0 Å². The third-order valence-corrected chi connectivity index (χ3v) is 21.6. The standard InChI is InChI=1S/C57H94O27/c1-21(17-58)9-14-57(73)22(2)34-30(84-57)16-29-27-8-7-25-15-26(10-12-55(25,5)28(27)11-13-56(29,34)6)76-53-48(82-51-43(70)40(67)36(63)24(4)75-51)45(72)46(33(20-61)79-53)80-54-49(83-52-44(71)41(68)37(64)31(18-59)77-52)47(38(65)32(19-60)78-54)81-50-42(69)39(66)35(62)23(3)74-50/h7,21-24,26-54,58-73H,8-20H2,1-6H3/t21?,22-,23+,24+,26-,27+,28-,29-,30-,31+,32+,33+,34-,35+,36+,37+,38+,39-,40-,41-,42-,43-,44+,45-,46+,47-,48+,49+,50-,51-,52-,53+,54-,55-,56-,57?/m0/s1. The minimum atomic E-state index is -2.08. The summed E-state index contributed by atoms with van der Waals surface area (Å²) in [5, 5.41) is 175. The molecule has 10 rings (SSSR count). The molecule has 16 N–H and O–H groups in total. The van der Waals surface area contributed by atoms with Gasteiger partial charge in [-0.1, -0.05) is 39.3 Å². The maximum atomic E-state index is 12.7. The first kappa shape index (κ1) is 65.6. The Balaban J connectivity index is 0.907. The molecule has 484 valence electrons. The Kier molecular flexibility index (Phi) is 20.1. The Morgan fingerprint density at radius 1 is 0.548 bits per heavy atom. The highest BCUT2D eigenvalue weighted by Crippen LogP contribution is 2.70. The Morgan fingerprint density at radius 3 is 1.68 bits per heavy atom. The van der Waals surface area contributed by atoms with Gasteiger partial charge in [0.15, 0.2) is 37.2 Å². The minimum Gasteiger partial charge on any atom is -0.396 e. The van der Waals surface area contributed by atoms with E-state index in [-0.39, 0.29) is 41.3 Å². The number of hydrogen-bond donors (Lipinski definition) is 16. The highest BCUT2D eigenvalue weighted by atomic mass is 16.8. The van der Waals surface area contributed by atoms with E-state index in [2.05, 4.69) is 26.8 Å². The van der Waals surface area contributed by atoms with Crippen molar-refractivity contribution in [1.29, 1.82) is 0 Å². The normalized spacial score (nSPS) is 55.3. The first-order chi connectivity index (χ1) is 39.7. The highest BCUT2D eigenvalue weighted by molar-refractivity contribution is 5.26. The van der Waals surface area contributed by atoms with Crippen molar-refractivity contribution in [1.82, 2.24) is 0 Å². The molecule has 3 saturated carbocycles. The first-order valence-electron chi connectivity index (χ1n) is 30.3. The second kappa shape index (κ2) is 25.7.